The van der Waals surface area contributed by atoms with Crippen LogP contribution >= 0.6 is 0 Å². The number of ether oxygens (including phenoxy) is 1. The van der Waals surface area contributed by atoms with Crippen molar-refractivity contribution in [1.82, 2.24) is 5.32 Å². The molecule has 0 saturated carbocycles. The molecule has 2 atom stereocenters. The normalized spacial score (nSPS) is 13.7. The molecule has 0 bridgehead atoms. The van der Waals surface area contributed by atoms with Crippen LogP contribution in [-0.2, 0) is 4.79 Å². The lowest BCUT2D eigenvalue weighted by Crippen LogP contribution is -2.36. The molecule has 112 valence electrons. The van der Waals surface area contributed by atoms with Crippen LogP contribution in [0.25, 0.3) is 0 Å². The van der Waals surface area contributed by atoms with Crippen LogP contribution in [0.1, 0.15) is 50.8 Å². The number of hydrogen-bond acceptors (Lipinski definition) is 3. The Morgan fingerprint density at radius 2 is 2.10 bits per heavy atom. The average molecular weight is 279 g/mol. The van der Waals surface area contributed by atoms with Crippen LogP contribution in [-0.4, -0.2) is 23.7 Å². The molecule has 2 N–H and O–H groups in total. The monoisotopic (exact) mass is 279 g/mol. The zero-order valence-electron chi connectivity index (χ0n) is 12.8. The fourth-order valence-electron chi connectivity index (χ4n) is 2.09. The number of carbonyl (C=O) groups excluding carboxylic acids is 1. The molecule has 1 rings (SSSR count). The van der Waals surface area contributed by atoms with Crippen LogP contribution < -0.4 is 10.1 Å². The SMILES string of the molecule is CCCC(C)NC(=O)COc1ccc(C)cc1[C@@H](C)O. The lowest BCUT2D eigenvalue weighted by Gasteiger charge is -2.16. The molecule has 0 heterocycles. The molecule has 0 fully saturated rings. The first-order valence-corrected chi connectivity index (χ1v) is 7.14. The van der Waals surface area contributed by atoms with Crippen molar-refractivity contribution >= 4 is 5.91 Å². The van der Waals surface area contributed by atoms with E-state index in [2.05, 4.69) is 12.2 Å². The maximum Gasteiger partial charge on any atom is 0.258 e. The highest BCUT2D eigenvalue weighted by Crippen LogP contribution is 2.26. The summed E-state index contributed by atoms with van der Waals surface area (Å²) >= 11 is 0. The molecule has 20 heavy (non-hydrogen) atoms. The Labute approximate surface area is 121 Å². The highest BCUT2D eigenvalue weighted by atomic mass is 16.5. The molecule has 0 aliphatic heterocycles. The number of hydrogen-bond donors (Lipinski definition) is 2. The van der Waals surface area contributed by atoms with Crippen LogP contribution in [0.15, 0.2) is 18.2 Å². The van der Waals surface area contributed by atoms with Crippen LogP contribution in [0.3, 0.4) is 0 Å². The quantitative estimate of drug-likeness (QED) is 0.807. The Balaban J connectivity index is 2.59. The van der Waals surface area contributed by atoms with E-state index in [1.54, 1.807) is 13.0 Å². The molecule has 1 aromatic carbocycles. The van der Waals surface area contributed by atoms with Crippen molar-refractivity contribution in [2.45, 2.75) is 52.7 Å². The summed E-state index contributed by atoms with van der Waals surface area (Å²) in [6.07, 6.45) is 1.37. The van der Waals surface area contributed by atoms with E-state index in [-0.39, 0.29) is 18.6 Å². The first-order chi connectivity index (χ1) is 9.43. The fraction of sp³-hybridized carbons (Fsp3) is 0.562. The minimum Gasteiger partial charge on any atom is -0.483 e. The van der Waals surface area contributed by atoms with Crippen molar-refractivity contribution in [2.24, 2.45) is 0 Å². The minimum atomic E-state index is -0.619. The van der Waals surface area contributed by atoms with Gasteiger partial charge in [0.15, 0.2) is 6.61 Å². The number of nitrogens with one attached hydrogen (secondary N) is 1. The van der Waals surface area contributed by atoms with Gasteiger partial charge in [0.25, 0.3) is 5.91 Å². The number of amides is 1. The molecule has 1 amide bonds. The summed E-state index contributed by atoms with van der Waals surface area (Å²) in [5, 5.41) is 12.6. The Hall–Kier alpha value is -1.55. The maximum atomic E-state index is 11.8. The van der Waals surface area contributed by atoms with E-state index in [0.717, 1.165) is 18.4 Å². The van der Waals surface area contributed by atoms with Crippen molar-refractivity contribution < 1.29 is 14.6 Å². The predicted molar refractivity (Wildman–Crippen MR) is 79.8 cm³/mol. The molecule has 0 saturated heterocycles. The molecule has 1 aromatic rings. The highest BCUT2D eigenvalue weighted by molar-refractivity contribution is 5.77. The molecular weight excluding hydrogens is 254 g/mol. The van der Waals surface area contributed by atoms with E-state index in [1.807, 2.05) is 26.0 Å². The van der Waals surface area contributed by atoms with Gasteiger partial charge in [-0.15, -0.1) is 0 Å². The topological polar surface area (TPSA) is 58.6 Å². The Kier molecular flexibility index (Phi) is 6.52. The minimum absolute atomic E-state index is 0.0309. The summed E-state index contributed by atoms with van der Waals surface area (Å²) in [7, 11) is 0. The van der Waals surface area contributed by atoms with Crippen LogP contribution in [0.4, 0.5) is 0 Å². The van der Waals surface area contributed by atoms with E-state index in [4.69, 9.17) is 4.74 Å². The third-order valence-corrected chi connectivity index (χ3v) is 3.10. The third kappa shape index (κ3) is 5.21. The van der Waals surface area contributed by atoms with Crippen molar-refractivity contribution in [1.29, 1.82) is 0 Å². The second-order valence-corrected chi connectivity index (χ2v) is 5.26. The van der Waals surface area contributed by atoms with Gasteiger partial charge >= 0.3 is 0 Å². The van der Waals surface area contributed by atoms with Gasteiger partial charge in [-0.25, -0.2) is 0 Å². The predicted octanol–water partition coefficient (Wildman–Crippen LogP) is 2.73. The van der Waals surface area contributed by atoms with Gasteiger partial charge in [-0.2, -0.15) is 0 Å². The second-order valence-electron chi connectivity index (χ2n) is 5.26. The van der Waals surface area contributed by atoms with Crippen LogP contribution in [0, 0.1) is 6.92 Å². The summed E-state index contributed by atoms with van der Waals surface area (Å²) in [4.78, 5) is 11.8. The van der Waals surface area contributed by atoms with E-state index >= 15 is 0 Å². The van der Waals surface area contributed by atoms with E-state index in [1.165, 1.54) is 0 Å². The van der Waals surface area contributed by atoms with Crippen LogP contribution in [0.5, 0.6) is 5.75 Å². The largest absolute Gasteiger partial charge is 0.483 e. The van der Waals surface area contributed by atoms with Gasteiger partial charge in [0.05, 0.1) is 6.10 Å². The van der Waals surface area contributed by atoms with E-state index < -0.39 is 6.10 Å². The van der Waals surface area contributed by atoms with Crippen LogP contribution in [0.2, 0.25) is 0 Å². The molecule has 0 spiro atoms. The van der Waals surface area contributed by atoms with Crippen molar-refractivity contribution in [3.63, 3.8) is 0 Å². The lowest BCUT2D eigenvalue weighted by molar-refractivity contribution is -0.123. The molecule has 0 radical (unpaired) electrons. The first-order valence-electron chi connectivity index (χ1n) is 7.14. The van der Waals surface area contributed by atoms with Gasteiger partial charge in [0, 0.05) is 11.6 Å². The molecule has 0 aliphatic rings. The first kappa shape index (κ1) is 16.5. The number of aliphatic hydroxyl groups excluding tert-OH is 1. The molecular formula is C16H25NO3. The summed E-state index contributed by atoms with van der Waals surface area (Å²) in [5.41, 5.74) is 1.76. The Bertz CT molecular complexity index is 443. The van der Waals surface area contributed by atoms with Gasteiger partial charge in [-0.1, -0.05) is 25.0 Å². The van der Waals surface area contributed by atoms with Gasteiger partial charge in [-0.3, -0.25) is 4.79 Å². The standard InChI is InChI=1S/C16H25NO3/c1-5-6-12(3)17-16(19)10-20-15-8-7-11(2)9-14(15)13(4)18/h7-9,12-13,18H,5-6,10H2,1-4H3,(H,17,19)/t12?,13-/m1/s1. The van der Waals surface area contributed by atoms with E-state index in [0.29, 0.717) is 11.3 Å². The number of rotatable bonds is 7. The maximum absolute atomic E-state index is 11.8. The average Bonchev–Trinajstić information content (AvgIpc) is 2.37. The molecule has 1 unspecified atom stereocenters. The highest BCUT2D eigenvalue weighted by Gasteiger charge is 2.12. The Morgan fingerprint density at radius 1 is 1.40 bits per heavy atom. The fourth-order valence-corrected chi connectivity index (χ4v) is 2.09. The van der Waals surface area contributed by atoms with Crippen molar-refractivity contribution in [2.75, 3.05) is 6.61 Å². The number of benzene rings is 1. The smallest absolute Gasteiger partial charge is 0.258 e. The van der Waals surface area contributed by atoms with Crippen molar-refractivity contribution in [3.05, 3.63) is 29.3 Å². The number of carbonyl (C=O) groups is 1. The Morgan fingerprint density at radius 3 is 2.70 bits per heavy atom. The summed E-state index contributed by atoms with van der Waals surface area (Å²) in [6.45, 7) is 7.67. The van der Waals surface area contributed by atoms with Gasteiger partial charge in [0.1, 0.15) is 5.75 Å². The summed E-state index contributed by atoms with van der Waals surface area (Å²) in [5.74, 6) is 0.423. The molecule has 0 aliphatic carbocycles. The molecule has 0 aromatic heterocycles. The van der Waals surface area contributed by atoms with E-state index in [9.17, 15) is 9.90 Å². The van der Waals surface area contributed by atoms with Gasteiger partial charge < -0.3 is 15.2 Å². The zero-order chi connectivity index (χ0) is 15.1. The van der Waals surface area contributed by atoms with Gasteiger partial charge in [-0.05, 0) is 39.3 Å². The number of aryl methyl sites for hydroxylation is 1. The zero-order valence-corrected chi connectivity index (χ0v) is 12.8. The third-order valence-electron chi connectivity index (χ3n) is 3.10. The number of aliphatic hydroxyl groups is 1. The lowest BCUT2D eigenvalue weighted by atomic mass is 10.1. The summed E-state index contributed by atoms with van der Waals surface area (Å²) < 4.78 is 5.52. The van der Waals surface area contributed by atoms with Crippen molar-refractivity contribution in [3.8, 4) is 5.75 Å². The molecule has 4 nitrogen and oxygen atoms in total. The second kappa shape index (κ2) is 7.90. The summed E-state index contributed by atoms with van der Waals surface area (Å²) in [6, 6.07) is 5.72. The molecule has 4 heteroatoms. The van der Waals surface area contributed by atoms with Gasteiger partial charge in [0.2, 0.25) is 0 Å².